The second kappa shape index (κ2) is 6.46. The van der Waals surface area contributed by atoms with Crippen LogP contribution in [0, 0.1) is 6.57 Å². The SMILES string of the molecule is [C-]#[N+]c1ccc(S)c(P(=O)(c2ccccc2)c2ccccc2)c1. The summed E-state index contributed by atoms with van der Waals surface area (Å²) in [6.45, 7) is 7.23. The van der Waals surface area contributed by atoms with E-state index >= 15 is 0 Å². The van der Waals surface area contributed by atoms with E-state index in [9.17, 15) is 4.57 Å². The van der Waals surface area contributed by atoms with Gasteiger partial charge < -0.3 is 4.57 Å². The van der Waals surface area contributed by atoms with Gasteiger partial charge in [-0.3, -0.25) is 0 Å². The van der Waals surface area contributed by atoms with Gasteiger partial charge in [0, 0.05) is 20.8 Å². The van der Waals surface area contributed by atoms with Crippen molar-refractivity contribution in [2.24, 2.45) is 0 Å². The third-order valence-electron chi connectivity index (χ3n) is 3.67. The Hall–Kier alpha value is -2.27. The molecule has 0 saturated carbocycles. The van der Waals surface area contributed by atoms with Crippen LogP contribution in [-0.2, 0) is 4.57 Å². The Morgan fingerprint density at radius 3 is 1.83 bits per heavy atom. The number of nitrogens with zero attached hydrogens (tertiary/aromatic N) is 1. The molecule has 0 N–H and O–H groups in total. The van der Waals surface area contributed by atoms with E-state index in [-0.39, 0.29) is 0 Å². The van der Waals surface area contributed by atoms with Crippen LogP contribution in [0.2, 0.25) is 0 Å². The van der Waals surface area contributed by atoms with Crippen molar-refractivity contribution in [3.8, 4) is 0 Å². The van der Waals surface area contributed by atoms with Gasteiger partial charge in [-0.05, 0) is 6.07 Å². The Bertz CT molecular complexity index is 874. The Labute approximate surface area is 141 Å². The lowest BCUT2D eigenvalue weighted by Gasteiger charge is -2.21. The molecular formula is C19H14NOPS. The fraction of sp³-hybridized carbons (Fsp3) is 0. The van der Waals surface area contributed by atoms with Crippen LogP contribution < -0.4 is 15.9 Å². The van der Waals surface area contributed by atoms with Crippen molar-refractivity contribution in [2.75, 3.05) is 0 Å². The molecule has 4 heteroatoms. The van der Waals surface area contributed by atoms with Crippen molar-refractivity contribution in [1.29, 1.82) is 0 Å². The van der Waals surface area contributed by atoms with Crippen LogP contribution in [0.4, 0.5) is 5.69 Å². The van der Waals surface area contributed by atoms with Crippen molar-refractivity contribution in [3.63, 3.8) is 0 Å². The number of thiol groups is 1. The summed E-state index contributed by atoms with van der Waals surface area (Å²) in [6, 6.07) is 23.9. The van der Waals surface area contributed by atoms with Crippen LogP contribution in [0.3, 0.4) is 0 Å². The van der Waals surface area contributed by atoms with E-state index in [0.717, 1.165) is 10.6 Å². The Kier molecular flexibility index (Phi) is 4.39. The highest BCUT2D eigenvalue weighted by molar-refractivity contribution is 7.87. The first-order valence-corrected chi connectivity index (χ1v) is 9.24. The summed E-state index contributed by atoms with van der Waals surface area (Å²) in [5.41, 5.74) is 0.463. The predicted octanol–water partition coefficient (Wildman–Crippen LogP) is 4.17. The molecule has 0 aromatic heterocycles. The minimum absolute atomic E-state index is 0.463. The van der Waals surface area contributed by atoms with Crippen molar-refractivity contribution in [3.05, 3.63) is 90.3 Å². The van der Waals surface area contributed by atoms with Crippen molar-refractivity contribution in [2.45, 2.75) is 4.90 Å². The fourth-order valence-corrected chi connectivity index (χ4v) is 5.85. The lowest BCUT2D eigenvalue weighted by molar-refractivity contribution is 0.592. The second-order valence-corrected chi connectivity index (χ2v) is 8.28. The topological polar surface area (TPSA) is 21.4 Å². The van der Waals surface area contributed by atoms with Crippen molar-refractivity contribution in [1.82, 2.24) is 0 Å². The Morgan fingerprint density at radius 1 is 0.826 bits per heavy atom. The zero-order chi connectivity index (χ0) is 16.3. The molecule has 3 aromatic rings. The van der Waals surface area contributed by atoms with E-state index in [1.807, 2.05) is 60.7 Å². The maximum atomic E-state index is 14.2. The standard InChI is InChI=1S/C19H14NOPS/c1-20-15-12-13-19(23)18(14-15)22(21,16-8-4-2-5-9-16)17-10-6-3-7-11-17/h2-14,23H. The van der Waals surface area contributed by atoms with Crippen LogP contribution in [0.15, 0.2) is 83.8 Å². The molecule has 2 nitrogen and oxygen atoms in total. The number of benzene rings is 3. The third-order valence-corrected chi connectivity index (χ3v) is 7.33. The lowest BCUT2D eigenvalue weighted by Crippen LogP contribution is -2.25. The molecule has 0 fully saturated rings. The minimum Gasteiger partial charge on any atom is -0.309 e. The molecule has 3 aromatic carbocycles. The molecule has 0 amide bonds. The van der Waals surface area contributed by atoms with Crippen LogP contribution in [-0.4, -0.2) is 0 Å². The number of hydrogen-bond donors (Lipinski definition) is 1. The molecule has 0 saturated heterocycles. The molecule has 112 valence electrons. The van der Waals surface area contributed by atoms with Gasteiger partial charge in [-0.25, -0.2) is 4.85 Å². The summed E-state index contributed by atoms with van der Waals surface area (Å²) in [4.78, 5) is 4.10. The van der Waals surface area contributed by atoms with Gasteiger partial charge >= 0.3 is 0 Å². The summed E-state index contributed by atoms with van der Waals surface area (Å²) >= 11 is 4.50. The van der Waals surface area contributed by atoms with Crippen LogP contribution in [0.1, 0.15) is 0 Å². The first-order valence-electron chi connectivity index (χ1n) is 7.08. The molecule has 0 bridgehead atoms. The molecule has 0 aliphatic carbocycles. The monoisotopic (exact) mass is 335 g/mol. The first-order chi connectivity index (χ1) is 11.2. The summed E-state index contributed by atoms with van der Waals surface area (Å²) in [5.74, 6) is 0. The smallest absolute Gasteiger partial charge is 0.188 e. The van der Waals surface area contributed by atoms with Gasteiger partial charge in [0.25, 0.3) is 0 Å². The molecule has 0 unspecified atom stereocenters. The Morgan fingerprint density at radius 2 is 1.35 bits per heavy atom. The third kappa shape index (κ3) is 2.84. The maximum Gasteiger partial charge on any atom is 0.188 e. The van der Waals surface area contributed by atoms with Crippen LogP contribution in [0.25, 0.3) is 4.85 Å². The molecule has 0 radical (unpaired) electrons. The van der Waals surface area contributed by atoms with E-state index in [0.29, 0.717) is 15.9 Å². The molecule has 3 rings (SSSR count). The quantitative estimate of drug-likeness (QED) is 0.433. The predicted molar refractivity (Wildman–Crippen MR) is 99.3 cm³/mol. The van der Waals surface area contributed by atoms with E-state index in [4.69, 9.17) is 6.57 Å². The largest absolute Gasteiger partial charge is 0.309 e. The van der Waals surface area contributed by atoms with Gasteiger partial charge in [0.1, 0.15) is 0 Å². The average Bonchev–Trinajstić information content (AvgIpc) is 2.63. The summed E-state index contributed by atoms with van der Waals surface area (Å²) in [7, 11) is -3.07. The molecule has 0 aliphatic heterocycles. The van der Waals surface area contributed by atoms with Gasteiger partial charge in [-0.15, -0.1) is 12.6 Å². The van der Waals surface area contributed by atoms with E-state index < -0.39 is 7.14 Å². The van der Waals surface area contributed by atoms with Gasteiger partial charge in [0.2, 0.25) is 0 Å². The zero-order valence-corrected chi connectivity index (χ0v) is 14.0. The van der Waals surface area contributed by atoms with Gasteiger partial charge in [-0.1, -0.05) is 72.8 Å². The Balaban J connectivity index is 2.35. The summed E-state index contributed by atoms with van der Waals surface area (Å²) in [6.07, 6.45) is 0. The highest BCUT2D eigenvalue weighted by Gasteiger charge is 2.31. The first kappa shape index (κ1) is 15.6. The van der Waals surface area contributed by atoms with E-state index in [1.54, 1.807) is 18.2 Å². The summed E-state index contributed by atoms with van der Waals surface area (Å²) < 4.78 is 14.2. The number of rotatable bonds is 3. The lowest BCUT2D eigenvalue weighted by atomic mass is 10.3. The van der Waals surface area contributed by atoms with Crippen LogP contribution >= 0.6 is 19.8 Å². The average molecular weight is 335 g/mol. The van der Waals surface area contributed by atoms with E-state index in [1.165, 1.54) is 0 Å². The fourth-order valence-electron chi connectivity index (χ4n) is 2.54. The van der Waals surface area contributed by atoms with Crippen molar-refractivity contribution >= 4 is 41.4 Å². The van der Waals surface area contributed by atoms with Gasteiger partial charge in [0.05, 0.1) is 6.57 Å². The molecule has 0 aliphatic rings. The highest BCUT2D eigenvalue weighted by atomic mass is 32.1. The van der Waals surface area contributed by atoms with Crippen LogP contribution in [0.5, 0.6) is 0 Å². The molecule has 0 atom stereocenters. The number of hydrogen-bond acceptors (Lipinski definition) is 2. The highest BCUT2D eigenvalue weighted by Crippen LogP contribution is 2.44. The molecular weight excluding hydrogens is 321 g/mol. The summed E-state index contributed by atoms with van der Waals surface area (Å²) in [5, 5.41) is 2.08. The van der Waals surface area contributed by atoms with Gasteiger partial charge in [0.15, 0.2) is 12.8 Å². The van der Waals surface area contributed by atoms with Gasteiger partial charge in [-0.2, -0.15) is 0 Å². The second-order valence-electron chi connectivity index (χ2n) is 5.07. The minimum atomic E-state index is -3.07. The van der Waals surface area contributed by atoms with Crippen molar-refractivity contribution < 1.29 is 4.57 Å². The zero-order valence-electron chi connectivity index (χ0n) is 12.3. The molecule has 23 heavy (non-hydrogen) atoms. The maximum absolute atomic E-state index is 14.2. The molecule has 0 heterocycles. The molecule has 0 spiro atoms. The normalized spacial score (nSPS) is 11.0. The van der Waals surface area contributed by atoms with E-state index in [2.05, 4.69) is 17.5 Å².